The molecular formula is C26H34N4O2. The van der Waals surface area contributed by atoms with Crippen molar-refractivity contribution in [2.75, 3.05) is 32.1 Å². The first-order valence-electron chi connectivity index (χ1n) is 11.5. The van der Waals surface area contributed by atoms with Gasteiger partial charge in [0.1, 0.15) is 17.2 Å². The minimum atomic E-state index is 0.432. The fraction of sp³-hybridized carbons (Fsp3) is 0.423. The number of nitrogens with one attached hydrogen (secondary N) is 3. The average molecular weight is 435 g/mol. The van der Waals surface area contributed by atoms with Gasteiger partial charge >= 0.3 is 0 Å². The summed E-state index contributed by atoms with van der Waals surface area (Å²) in [6, 6.07) is 12.9. The van der Waals surface area contributed by atoms with E-state index in [9.17, 15) is 0 Å². The lowest BCUT2D eigenvalue weighted by Crippen LogP contribution is -2.37. The number of piperidine rings is 1. The summed E-state index contributed by atoms with van der Waals surface area (Å²) in [6.07, 6.45) is 7.61. The van der Waals surface area contributed by atoms with E-state index in [1.165, 1.54) is 17.5 Å². The van der Waals surface area contributed by atoms with Crippen molar-refractivity contribution in [2.24, 2.45) is 0 Å². The van der Waals surface area contributed by atoms with Crippen LogP contribution in [0.3, 0.4) is 0 Å². The van der Waals surface area contributed by atoms with Gasteiger partial charge < -0.3 is 30.4 Å². The summed E-state index contributed by atoms with van der Waals surface area (Å²) in [7, 11) is 3.81. The van der Waals surface area contributed by atoms with Crippen LogP contribution in [0.5, 0.6) is 17.2 Å². The van der Waals surface area contributed by atoms with Gasteiger partial charge in [-0.15, -0.1) is 0 Å². The number of hydrogen-bond donors (Lipinski definition) is 3. The Kier molecular flexibility index (Phi) is 7.00. The molecule has 3 N–H and O–H groups in total. The normalized spacial score (nSPS) is 19.3. The number of hydrogen-bond acceptors (Lipinski definition) is 6. The van der Waals surface area contributed by atoms with Gasteiger partial charge in [0, 0.05) is 53.9 Å². The second kappa shape index (κ2) is 10.1. The molecule has 6 nitrogen and oxygen atoms in total. The fourth-order valence-corrected chi connectivity index (χ4v) is 4.47. The molecule has 2 aliphatic rings. The Morgan fingerprint density at radius 3 is 2.50 bits per heavy atom. The molecule has 4 rings (SSSR count). The molecule has 1 fully saturated rings. The zero-order valence-electron chi connectivity index (χ0n) is 19.3. The third-order valence-corrected chi connectivity index (χ3v) is 6.65. The molecule has 0 radical (unpaired) electrons. The Morgan fingerprint density at radius 1 is 1.09 bits per heavy atom. The molecule has 32 heavy (non-hydrogen) atoms. The van der Waals surface area contributed by atoms with Crippen LogP contribution in [-0.2, 0) is 6.42 Å². The number of benzene rings is 2. The fourth-order valence-electron chi connectivity index (χ4n) is 4.47. The Balaban J connectivity index is 1.72. The van der Waals surface area contributed by atoms with E-state index in [-0.39, 0.29) is 0 Å². The van der Waals surface area contributed by atoms with E-state index in [4.69, 9.17) is 14.9 Å². The van der Waals surface area contributed by atoms with Crippen molar-refractivity contribution < 1.29 is 9.47 Å². The van der Waals surface area contributed by atoms with Gasteiger partial charge in [0.2, 0.25) is 0 Å². The highest BCUT2D eigenvalue weighted by Gasteiger charge is 2.26. The van der Waals surface area contributed by atoms with Crippen molar-refractivity contribution in [1.29, 1.82) is 5.41 Å². The molecule has 2 aromatic carbocycles. The third-order valence-electron chi connectivity index (χ3n) is 6.65. The Hall–Kier alpha value is -2.99. The van der Waals surface area contributed by atoms with Crippen molar-refractivity contribution in [2.45, 2.75) is 44.7 Å². The lowest BCUT2D eigenvalue weighted by molar-refractivity contribution is 0.412. The maximum absolute atomic E-state index is 8.13. The first-order valence-corrected chi connectivity index (χ1v) is 11.5. The number of nitrogens with zero attached hydrogens (tertiary/aromatic N) is 1. The molecule has 2 aliphatic heterocycles. The average Bonchev–Trinajstić information content (AvgIpc) is 2.84. The van der Waals surface area contributed by atoms with E-state index < -0.39 is 0 Å². The molecule has 1 unspecified atom stereocenters. The lowest BCUT2D eigenvalue weighted by Gasteiger charge is -2.35. The molecule has 0 aromatic heterocycles. The van der Waals surface area contributed by atoms with Gasteiger partial charge in [-0.2, -0.15) is 0 Å². The summed E-state index contributed by atoms with van der Waals surface area (Å²) in [5, 5.41) is 15.1. The highest BCUT2D eigenvalue weighted by atomic mass is 16.5. The van der Waals surface area contributed by atoms with Crippen molar-refractivity contribution in [3.63, 3.8) is 0 Å². The molecule has 0 saturated carbocycles. The van der Waals surface area contributed by atoms with E-state index in [0.29, 0.717) is 12.1 Å². The molecule has 6 heteroatoms. The van der Waals surface area contributed by atoms with E-state index in [0.717, 1.165) is 67.2 Å². The van der Waals surface area contributed by atoms with Crippen LogP contribution in [0.4, 0.5) is 5.69 Å². The lowest BCUT2D eigenvalue weighted by atomic mass is 9.92. The van der Waals surface area contributed by atoms with Crippen LogP contribution in [0.15, 0.2) is 42.6 Å². The minimum absolute atomic E-state index is 0.432. The third kappa shape index (κ3) is 4.75. The number of fused-ring (bicyclic) bond motifs is 1. The number of ether oxygens (including phenoxy) is 2. The van der Waals surface area contributed by atoms with Crippen molar-refractivity contribution in [3.05, 3.63) is 53.7 Å². The van der Waals surface area contributed by atoms with Crippen LogP contribution in [0.2, 0.25) is 0 Å². The number of anilines is 1. The predicted octanol–water partition coefficient (Wildman–Crippen LogP) is 4.59. The SMILES string of the molecule is COc1ccc(Oc2c(/C(C=N)=C/NC3CCNCC3)ccc3c2CCC(C)N3C)cc1. The largest absolute Gasteiger partial charge is 0.497 e. The molecule has 0 spiro atoms. The summed E-state index contributed by atoms with van der Waals surface area (Å²) in [5.41, 5.74) is 4.18. The topological polar surface area (TPSA) is 69.6 Å². The van der Waals surface area contributed by atoms with Crippen molar-refractivity contribution in [1.82, 2.24) is 10.6 Å². The minimum Gasteiger partial charge on any atom is -0.497 e. The van der Waals surface area contributed by atoms with Gasteiger partial charge in [-0.25, -0.2) is 0 Å². The Labute approximate surface area is 191 Å². The summed E-state index contributed by atoms with van der Waals surface area (Å²) in [5.74, 6) is 2.40. The summed E-state index contributed by atoms with van der Waals surface area (Å²) >= 11 is 0. The Morgan fingerprint density at radius 2 is 1.81 bits per heavy atom. The zero-order valence-corrected chi connectivity index (χ0v) is 19.3. The maximum Gasteiger partial charge on any atom is 0.140 e. The van der Waals surface area contributed by atoms with Gasteiger partial charge in [0.05, 0.1) is 7.11 Å². The molecule has 1 saturated heterocycles. The van der Waals surface area contributed by atoms with Gasteiger partial charge in [0.15, 0.2) is 0 Å². The monoisotopic (exact) mass is 434 g/mol. The van der Waals surface area contributed by atoms with Crippen LogP contribution < -0.4 is 25.0 Å². The zero-order chi connectivity index (χ0) is 22.5. The number of methoxy groups -OCH3 is 1. The van der Waals surface area contributed by atoms with Gasteiger partial charge in [0.25, 0.3) is 0 Å². The molecule has 0 bridgehead atoms. The quantitative estimate of drug-likeness (QED) is 0.556. The van der Waals surface area contributed by atoms with E-state index in [1.54, 1.807) is 7.11 Å². The van der Waals surface area contributed by atoms with Gasteiger partial charge in [-0.05, 0) is 82.1 Å². The van der Waals surface area contributed by atoms with E-state index in [1.807, 2.05) is 30.5 Å². The number of allylic oxidation sites excluding steroid dienone is 1. The molecule has 2 heterocycles. The summed E-state index contributed by atoms with van der Waals surface area (Å²) in [4.78, 5) is 2.32. The summed E-state index contributed by atoms with van der Waals surface area (Å²) in [6.45, 7) is 4.31. The van der Waals surface area contributed by atoms with Crippen LogP contribution in [0, 0.1) is 5.41 Å². The molecule has 170 valence electrons. The van der Waals surface area contributed by atoms with E-state index >= 15 is 0 Å². The standard InChI is InChI=1S/C26H34N4O2/c1-18-4-9-24-25(30(18)2)11-10-23(19(16-27)17-29-20-12-14-28-15-13-20)26(24)32-22-7-5-21(31-3)6-8-22/h5-8,10-11,16-18,20,27-29H,4,9,12-15H2,1-3H3/b19-17+,27-16?. The predicted molar refractivity (Wildman–Crippen MR) is 131 cm³/mol. The van der Waals surface area contributed by atoms with E-state index in [2.05, 4.69) is 41.6 Å². The second-order valence-corrected chi connectivity index (χ2v) is 8.65. The van der Waals surface area contributed by atoms with Gasteiger partial charge in [-0.1, -0.05) is 0 Å². The highest BCUT2D eigenvalue weighted by molar-refractivity contribution is 6.09. The smallest absolute Gasteiger partial charge is 0.140 e. The molecule has 2 aromatic rings. The van der Waals surface area contributed by atoms with Crippen molar-refractivity contribution in [3.8, 4) is 17.2 Å². The van der Waals surface area contributed by atoms with Crippen molar-refractivity contribution >= 4 is 17.5 Å². The molecule has 1 atom stereocenters. The Bertz CT molecular complexity index is 965. The first-order chi connectivity index (χ1) is 15.6. The summed E-state index contributed by atoms with van der Waals surface area (Å²) < 4.78 is 11.8. The van der Waals surface area contributed by atoms with Crippen LogP contribution in [-0.4, -0.2) is 45.5 Å². The second-order valence-electron chi connectivity index (χ2n) is 8.65. The molecule has 0 amide bonds. The van der Waals surface area contributed by atoms with Gasteiger partial charge in [-0.3, -0.25) is 0 Å². The van der Waals surface area contributed by atoms with Crippen LogP contribution in [0.1, 0.15) is 37.3 Å². The highest BCUT2D eigenvalue weighted by Crippen LogP contribution is 2.42. The molecular weight excluding hydrogens is 400 g/mol. The van der Waals surface area contributed by atoms with Crippen LogP contribution >= 0.6 is 0 Å². The number of rotatable bonds is 7. The van der Waals surface area contributed by atoms with Crippen LogP contribution in [0.25, 0.3) is 5.57 Å². The maximum atomic E-state index is 8.13. The first kappa shape index (κ1) is 22.2. The molecule has 0 aliphatic carbocycles.